The molecular formula is C16H18F3NO2S. The molecule has 0 saturated heterocycles. The molecule has 0 aliphatic carbocycles. The van der Waals surface area contributed by atoms with Crippen LogP contribution in [0.5, 0.6) is 0 Å². The second-order valence-electron chi connectivity index (χ2n) is 4.81. The van der Waals surface area contributed by atoms with E-state index in [1.807, 2.05) is 0 Å². The Kier molecular flexibility index (Phi) is 6.78. The molecule has 126 valence electrons. The van der Waals surface area contributed by atoms with Crippen LogP contribution in [0.3, 0.4) is 0 Å². The van der Waals surface area contributed by atoms with Gasteiger partial charge in [-0.2, -0.15) is 13.2 Å². The van der Waals surface area contributed by atoms with E-state index in [-0.39, 0.29) is 0 Å². The SMILES string of the molecule is CCCc1ccccc1.NS(=O)(=O)c1cccc(C(F)(F)F)c1. The lowest BCUT2D eigenvalue weighted by Gasteiger charge is -2.07. The summed E-state index contributed by atoms with van der Waals surface area (Å²) in [5.41, 5.74) is 0.407. The lowest BCUT2D eigenvalue weighted by Crippen LogP contribution is -2.14. The van der Waals surface area contributed by atoms with E-state index < -0.39 is 26.7 Å². The maximum absolute atomic E-state index is 12.1. The maximum atomic E-state index is 12.1. The minimum atomic E-state index is -4.57. The molecule has 0 aromatic heterocycles. The van der Waals surface area contributed by atoms with Crippen molar-refractivity contribution in [2.24, 2.45) is 5.14 Å². The van der Waals surface area contributed by atoms with E-state index in [1.54, 1.807) is 0 Å². The molecule has 0 heterocycles. The molecule has 2 aromatic carbocycles. The molecule has 2 rings (SSSR count). The predicted molar refractivity (Wildman–Crippen MR) is 83.3 cm³/mol. The molecule has 7 heteroatoms. The Bertz CT molecular complexity index is 714. The summed E-state index contributed by atoms with van der Waals surface area (Å²) >= 11 is 0. The van der Waals surface area contributed by atoms with Crippen LogP contribution < -0.4 is 5.14 Å². The third kappa shape index (κ3) is 6.83. The molecule has 3 nitrogen and oxygen atoms in total. The van der Waals surface area contributed by atoms with Crippen LogP contribution in [-0.4, -0.2) is 8.42 Å². The van der Waals surface area contributed by atoms with Gasteiger partial charge >= 0.3 is 6.18 Å². The number of alkyl halides is 3. The minimum Gasteiger partial charge on any atom is -0.225 e. The van der Waals surface area contributed by atoms with Crippen molar-refractivity contribution in [3.8, 4) is 0 Å². The summed E-state index contributed by atoms with van der Waals surface area (Å²) in [6.07, 6.45) is -2.12. The van der Waals surface area contributed by atoms with Crippen LogP contribution in [0.25, 0.3) is 0 Å². The van der Waals surface area contributed by atoms with Gasteiger partial charge in [0.05, 0.1) is 10.5 Å². The molecule has 0 radical (unpaired) electrons. The number of sulfonamides is 1. The lowest BCUT2D eigenvalue weighted by atomic mass is 10.1. The zero-order valence-electron chi connectivity index (χ0n) is 12.5. The van der Waals surface area contributed by atoms with Gasteiger partial charge in [0.1, 0.15) is 0 Å². The molecular weight excluding hydrogens is 327 g/mol. The number of hydrogen-bond acceptors (Lipinski definition) is 2. The van der Waals surface area contributed by atoms with E-state index in [0.29, 0.717) is 6.07 Å². The summed E-state index contributed by atoms with van der Waals surface area (Å²) in [6.45, 7) is 2.20. The van der Waals surface area contributed by atoms with Gasteiger partial charge in [0.15, 0.2) is 0 Å². The number of benzene rings is 2. The van der Waals surface area contributed by atoms with E-state index in [1.165, 1.54) is 18.4 Å². The quantitative estimate of drug-likeness (QED) is 0.914. The van der Waals surface area contributed by atoms with Gasteiger partial charge in [0.25, 0.3) is 0 Å². The molecule has 23 heavy (non-hydrogen) atoms. The molecule has 0 amide bonds. The highest BCUT2D eigenvalue weighted by atomic mass is 32.2. The first-order chi connectivity index (χ1) is 10.6. The Morgan fingerprint density at radius 3 is 2.09 bits per heavy atom. The first kappa shape index (κ1) is 19.2. The van der Waals surface area contributed by atoms with E-state index in [0.717, 1.165) is 18.2 Å². The highest BCUT2D eigenvalue weighted by molar-refractivity contribution is 7.89. The van der Waals surface area contributed by atoms with Crippen molar-refractivity contribution in [3.05, 3.63) is 65.7 Å². The Labute approximate surface area is 134 Å². The first-order valence-electron chi connectivity index (χ1n) is 6.88. The number of aryl methyl sites for hydroxylation is 1. The second kappa shape index (κ2) is 8.12. The molecule has 0 unspecified atom stereocenters. The minimum absolute atomic E-state index is 0.495. The number of rotatable bonds is 3. The summed E-state index contributed by atoms with van der Waals surface area (Å²) in [5.74, 6) is 0. The van der Waals surface area contributed by atoms with E-state index >= 15 is 0 Å². The van der Waals surface area contributed by atoms with Crippen LogP contribution >= 0.6 is 0 Å². The molecule has 0 aliphatic rings. The molecule has 2 aromatic rings. The van der Waals surface area contributed by atoms with E-state index in [9.17, 15) is 21.6 Å². The third-order valence-corrected chi connectivity index (χ3v) is 3.78. The molecule has 2 N–H and O–H groups in total. The van der Waals surface area contributed by atoms with E-state index in [2.05, 4.69) is 42.4 Å². The standard InChI is InChI=1S/C9H12.C7H6F3NO2S/c1-2-6-9-7-4-3-5-8-9;8-7(9,10)5-2-1-3-6(4-5)14(11,12)13/h3-5,7-8H,2,6H2,1H3;1-4H,(H2,11,12,13). The van der Waals surface area contributed by atoms with Gasteiger partial charge in [-0.05, 0) is 30.2 Å². The molecule has 0 saturated carbocycles. The first-order valence-corrected chi connectivity index (χ1v) is 8.43. The number of nitrogens with two attached hydrogens (primary N) is 1. The Balaban J connectivity index is 0.000000253. The largest absolute Gasteiger partial charge is 0.416 e. The molecule has 0 fully saturated rings. The van der Waals surface area contributed by atoms with Gasteiger partial charge in [-0.25, -0.2) is 13.6 Å². The van der Waals surface area contributed by atoms with Crippen LogP contribution in [0.15, 0.2) is 59.5 Å². The summed E-state index contributed by atoms with van der Waals surface area (Å²) in [4.78, 5) is -0.549. The lowest BCUT2D eigenvalue weighted by molar-refractivity contribution is -0.137. The highest BCUT2D eigenvalue weighted by Crippen LogP contribution is 2.30. The fourth-order valence-electron chi connectivity index (χ4n) is 1.78. The maximum Gasteiger partial charge on any atom is 0.416 e. The van der Waals surface area contributed by atoms with Gasteiger partial charge in [0, 0.05) is 0 Å². The average molecular weight is 345 g/mol. The Morgan fingerprint density at radius 2 is 1.61 bits per heavy atom. The zero-order valence-corrected chi connectivity index (χ0v) is 13.4. The summed E-state index contributed by atoms with van der Waals surface area (Å²) < 4.78 is 57.8. The van der Waals surface area contributed by atoms with Crippen LogP contribution in [0, 0.1) is 0 Å². The predicted octanol–water partition coefficient (Wildman–Crippen LogP) is 3.99. The van der Waals surface area contributed by atoms with Crippen molar-refractivity contribution >= 4 is 10.0 Å². The monoisotopic (exact) mass is 345 g/mol. The van der Waals surface area contributed by atoms with Gasteiger partial charge in [0.2, 0.25) is 10.0 Å². The topological polar surface area (TPSA) is 60.2 Å². The molecule has 0 aliphatic heterocycles. The van der Waals surface area contributed by atoms with Crippen LogP contribution in [0.4, 0.5) is 13.2 Å². The summed E-state index contributed by atoms with van der Waals surface area (Å²) in [6, 6.07) is 13.8. The third-order valence-electron chi connectivity index (χ3n) is 2.87. The normalized spacial score (nSPS) is 11.5. The van der Waals surface area contributed by atoms with Crippen molar-refractivity contribution in [1.29, 1.82) is 0 Å². The van der Waals surface area contributed by atoms with Gasteiger partial charge < -0.3 is 0 Å². The fourth-order valence-corrected chi connectivity index (χ4v) is 2.34. The van der Waals surface area contributed by atoms with Crippen molar-refractivity contribution in [2.75, 3.05) is 0 Å². The van der Waals surface area contributed by atoms with Gasteiger partial charge in [-0.1, -0.05) is 49.7 Å². The fraction of sp³-hybridized carbons (Fsp3) is 0.250. The number of halogens is 3. The van der Waals surface area contributed by atoms with Crippen molar-refractivity contribution in [1.82, 2.24) is 0 Å². The van der Waals surface area contributed by atoms with Gasteiger partial charge in [-0.15, -0.1) is 0 Å². The van der Waals surface area contributed by atoms with Crippen molar-refractivity contribution in [2.45, 2.75) is 30.8 Å². The Hall–Kier alpha value is -1.86. The summed E-state index contributed by atoms with van der Waals surface area (Å²) in [5, 5.41) is 4.67. The smallest absolute Gasteiger partial charge is 0.225 e. The van der Waals surface area contributed by atoms with Gasteiger partial charge in [-0.3, -0.25) is 0 Å². The molecule has 0 spiro atoms. The van der Waals surface area contributed by atoms with Crippen LogP contribution in [0.1, 0.15) is 24.5 Å². The number of hydrogen-bond donors (Lipinski definition) is 1. The Morgan fingerprint density at radius 1 is 1.00 bits per heavy atom. The second-order valence-corrected chi connectivity index (χ2v) is 6.37. The van der Waals surface area contributed by atoms with E-state index in [4.69, 9.17) is 0 Å². The molecule has 0 bridgehead atoms. The highest BCUT2D eigenvalue weighted by Gasteiger charge is 2.31. The van der Waals surface area contributed by atoms with Crippen molar-refractivity contribution < 1.29 is 21.6 Å². The average Bonchev–Trinajstić information content (AvgIpc) is 2.48. The van der Waals surface area contributed by atoms with Crippen LogP contribution in [0.2, 0.25) is 0 Å². The van der Waals surface area contributed by atoms with Crippen molar-refractivity contribution in [3.63, 3.8) is 0 Å². The summed E-state index contributed by atoms with van der Waals surface area (Å²) in [7, 11) is -4.09. The molecule has 0 atom stereocenters. The zero-order chi connectivity index (χ0) is 17.5. The number of primary sulfonamides is 1. The van der Waals surface area contributed by atoms with Crippen LogP contribution in [-0.2, 0) is 22.6 Å².